The van der Waals surface area contributed by atoms with Gasteiger partial charge in [0.25, 0.3) is 0 Å². The van der Waals surface area contributed by atoms with Crippen molar-refractivity contribution in [1.82, 2.24) is 10.4 Å². The van der Waals surface area contributed by atoms with Gasteiger partial charge in [-0.3, -0.25) is 19.6 Å². The minimum absolute atomic E-state index is 0.0132. The summed E-state index contributed by atoms with van der Waals surface area (Å²) in [6, 6.07) is -0.803. The number of carbonyl (C=O) groups excluding carboxylic acids is 1. The van der Waals surface area contributed by atoms with E-state index >= 15 is 0 Å². The van der Waals surface area contributed by atoms with Gasteiger partial charge in [-0.05, 0) is 12.8 Å². The van der Waals surface area contributed by atoms with E-state index in [2.05, 4.69) is 10.4 Å². The first-order valence-corrected chi connectivity index (χ1v) is 8.53. The number of aliphatic carboxylic acids is 2. The summed E-state index contributed by atoms with van der Waals surface area (Å²) in [4.78, 5) is 37.9. The molecule has 4 N–H and O–H groups in total. The summed E-state index contributed by atoms with van der Waals surface area (Å²) in [7, 11) is 0. The zero-order valence-electron chi connectivity index (χ0n) is 13.3. The number of carbonyl (C=O) groups is 3. The molecule has 2 aliphatic rings. The Kier molecular flexibility index (Phi) is 5.83. The molecule has 0 spiro atoms. The van der Waals surface area contributed by atoms with E-state index in [-0.39, 0.29) is 16.9 Å². The molecule has 4 unspecified atom stereocenters. The van der Waals surface area contributed by atoms with Gasteiger partial charge in [0.2, 0.25) is 6.41 Å². The Morgan fingerprint density at radius 3 is 2.58 bits per heavy atom. The first-order chi connectivity index (χ1) is 11.3. The van der Waals surface area contributed by atoms with Gasteiger partial charge in [0.1, 0.15) is 11.6 Å². The van der Waals surface area contributed by atoms with E-state index < -0.39 is 35.3 Å². The van der Waals surface area contributed by atoms with E-state index in [0.717, 1.165) is 0 Å². The van der Waals surface area contributed by atoms with Crippen LogP contribution in [0.25, 0.3) is 0 Å². The molecular weight excluding hydrogens is 338 g/mol. The lowest BCUT2D eigenvalue weighted by Gasteiger charge is -2.27. The number of carboxylic acids is 2. The highest BCUT2D eigenvalue weighted by atomic mass is 32.2. The second-order valence-electron chi connectivity index (χ2n) is 6.07. The highest BCUT2D eigenvalue weighted by Gasteiger charge is 2.47. The van der Waals surface area contributed by atoms with Crippen LogP contribution in [0.5, 0.6) is 0 Å². The largest absolute Gasteiger partial charge is 0.481 e. The number of aliphatic imine (C=N–C) groups is 1. The van der Waals surface area contributed by atoms with Crippen molar-refractivity contribution in [1.29, 1.82) is 0 Å². The summed E-state index contributed by atoms with van der Waals surface area (Å²) >= 11 is 1.37. The lowest BCUT2D eigenvalue weighted by molar-refractivity contribution is -0.146. The van der Waals surface area contributed by atoms with Crippen molar-refractivity contribution in [2.75, 3.05) is 13.1 Å². The molecule has 1 fully saturated rings. The van der Waals surface area contributed by atoms with Crippen molar-refractivity contribution in [3.63, 3.8) is 0 Å². The van der Waals surface area contributed by atoms with Crippen LogP contribution < -0.4 is 5.43 Å². The maximum atomic E-state index is 11.5. The Morgan fingerprint density at radius 1 is 1.46 bits per heavy atom. The third kappa shape index (κ3) is 3.70. The van der Waals surface area contributed by atoms with Crippen LogP contribution in [0.4, 0.5) is 0 Å². The predicted octanol–water partition coefficient (Wildman–Crippen LogP) is -0.941. The van der Waals surface area contributed by atoms with E-state index in [1.807, 2.05) is 0 Å². The second kappa shape index (κ2) is 7.49. The number of aliphatic hydroxyl groups excluding tert-OH is 1. The summed E-state index contributed by atoms with van der Waals surface area (Å²) in [5, 5.41) is 29.4. The SMILES string of the molecule is C[C@H]1C(SC2CNN(C=O)C2)C(C(=O)O)=NC1C(C(=O)O)[C@@H](C)O. The monoisotopic (exact) mass is 359 g/mol. The van der Waals surface area contributed by atoms with Gasteiger partial charge in [0, 0.05) is 11.8 Å². The highest BCUT2D eigenvalue weighted by Crippen LogP contribution is 2.38. The number of amides is 1. The Hall–Kier alpha value is -1.65. The first-order valence-electron chi connectivity index (χ1n) is 7.59. The molecule has 10 heteroatoms. The summed E-state index contributed by atoms with van der Waals surface area (Å²) in [6.07, 6.45) is -0.474. The third-order valence-corrected chi connectivity index (χ3v) is 6.00. The maximum Gasteiger partial charge on any atom is 0.350 e. The minimum Gasteiger partial charge on any atom is -0.481 e. The van der Waals surface area contributed by atoms with Crippen molar-refractivity contribution in [2.45, 2.75) is 36.5 Å². The van der Waals surface area contributed by atoms with Gasteiger partial charge in [-0.15, -0.1) is 11.8 Å². The molecule has 2 aliphatic heterocycles. The number of hydrogen-bond acceptors (Lipinski definition) is 7. The average Bonchev–Trinajstić information content (AvgIpc) is 3.06. The molecule has 0 radical (unpaired) electrons. The smallest absolute Gasteiger partial charge is 0.350 e. The van der Waals surface area contributed by atoms with E-state index in [1.54, 1.807) is 6.92 Å². The Bertz CT molecular complexity index is 555. The standard InChI is InChI=1S/C14H21N3O6S/c1-6-10(9(7(2)19)13(20)21)16-11(14(22)23)12(6)24-8-3-15-17(4-8)5-18/h5-10,12,15,19H,3-4H2,1-2H3,(H,20,21)(H,22,23)/t6-,7-,8?,9?,10?,12?/m1/s1. The molecule has 0 aromatic carbocycles. The van der Waals surface area contributed by atoms with Gasteiger partial charge in [0.05, 0.1) is 23.9 Å². The molecule has 0 saturated carbocycles. The Labute approximate surface area is 143 Å². The van der Waals surface area contributed by atoms with Crippen molar-refractivity contribution in [2.24, 2.45) is 16.8 Å². The van der Waals surface area contributed by atoms with E-state index in [4.69, 9.17) is 0 Å². The van der Waals surface area contributed by atoms with E-state index in [1.165, 1.54) is 23.7 Å². The van der Waals surface area contributed by atoms with Gasteiger partial charge in [0.15, 0.2) is 0 Å². The van der Waals surface area contributed by atoms with Crippen LogP contribution in [-0.2, 0) is 14.4 Å². The first kappa shape index (κ1) is 18.7. The number of hydrogen-bond donors (Lipinski definition) is 4. The molecule has 1 amide bonds. The van der Waals surface area contributed by atoms with Gasteiger partial charge >= 0.3 is 11.9 Å². The fourth-order valence-corrected chi connectivity index (χ4v) is 4.67. The van der Waals surface area contributed by atoms with Gasteiger partial charge in [-0.2, -0.15) is 0 Å². The van der Waals surface area contributed by atoms with Crippen LogP contribution in [0.3, 0.4) is 0 Å². The molecule has 0 aromatic rings. The molecule has 2 rings (SSSR count). The fourth-order valence-electron chi connectivity index (χ4n) is 3.14. The number of carboxylic acid groups (broad SMARTS) is 2. The molecular formula is C14H21N3O6S. The number of thioether (sulfide) groups is 1. The third-order valence-electron chi connectivity index (χ3n) is 4.35. The number of aliphatic hydroxyl groups is 1. The second-order valence-corrected chi connectivity index (χ2v) is 7.52. The molecule has 2 heterocycles. The van der Waals surface area contributed by atoms with Crippen LogP contribution in [-0.4, -0.2) is 80.1 Å². The normalized spacial score (nSPS) is 32.3. The quantitative estimate of drug-likeness (QED) is 0.427. The van der Waals surface area contributed by atoms with Crippen LogP contribution in [0.2, 0.25) is 0 Å². The number of hydrazine groups is 1. The highest BCUT2D eigenvalue weighted by molar-refractivity contribution is 8.01. The summed E-state index contributed by atoms with van der Waals surface area (Å²) in [5.41, 5.74) is 2.81. The molecule has 0 aliphatic carbocycles. The molecule has 6 atom stereocenters. The lowest BCUT2D eigenvalue weighted by Crippen LogP contribution is -2.40. The molecule has 24 heavy (non-hydrogen) atoms. The van der Waals surface area contributed by atoms with Crippen molar-refractivity contribution in [3.05, 3.63) is 0 Å². The summed E-state index contributed by atoms with van der Waals surface area (Å²) in [6.45, 7) is 4.07. The van der Waals surface area contributed by atoms with Gasteiger partial charge < -0.3 is 15.3 Å². The van der Waals surface area contributed by atoms with Crippen LogP contribution in [0.1, 0.15) is 13.8 Å². The van der Waals surface area contributed by atoms with Gasteiger partial charge in [-0.1, -0.05) is 6.92 Å². The number of nitrogens with zero attached hydrogens (tertiary/aromatic N) is 2. The van der Waals surface area contributed by atoms with E-state index in [9.17, 15) is 29.7 Å². The molecule has 0 bridgehead atoms. The van der Waals surface area contributed by atoms with Crippen LogP contribution >= 0.6 is 11.8 Å². The lowest BCUT2D eigenvalue weighted by atomic mass is 9.86. The Morgan fingerprint density at radius 2 is 2.12 bits per heavy atom. The van der Waals surface area contributed by atoms with Crippen LogP contribution in [0, 0.1) is 11.8 Å². The van der Waals surface area contributed by atoms with Crippen molar-refractivity contribution in [3.8, 4) is 0 Å². The average molecular weight is 359 g/mol. The summed E-state index contributed by atoms with van der Waals surface area (Å²) in [5.74, 6) is -3.90. The van der Waals surface area contributed by atoms with Crippen molar-refractivity contribution < 1.29 is 29.7 Å². The molecule has 1 saturated heterocycles. The summed E-state index contributed by atoms with van der Waals surface area (Å²) < 4.78 is 0. The molecule has 0 aromatic heterocycles. The number of nitrogens with one attached hydrogen (secondary N) is 1. The maximum absolute atomic E-state index is 11.5. The molecule has 9 nitrogen and oxygen atoms in total. The predicted molar refractivity (Wildman–Crippen MR) is 86.8 cm³/mol. The topological polar surface area (TPSA) is 140 Å². The zero-order valence-corrected chi connectivity index (χ0v) is 14.1. The Balaban J connectivity index is 2.19. The zero-order chi connectivity index (χ0) is 18.0. The molecule has 134 valence electrons. The number of rotatable bonds is 7. The van der Waals surface area contributed by atoms with Crippen molar-refractivity contribution >= 4 is 35.8 Å². The van der Waals surface area contributed by atoms with E-state index in [0.29, 0.717) is 19.5 Å². The van der Waals surface area contributed by atoms with Crippen LogP contribution in [0.15, 0.2) is 4.99 Å². The minimum atomic E-state index is -1.20. The van der Waals surface area contributed by atoms with Gasteiger partial charge in [-0.25, -0.2) is 10.2 Å². The fraction of sp³-hybridized carbons (Fsp3) is 0.714.